The van der Waals surface area contributed by atoms with Crippen molar-refractivity contribution in [2.24, 2.45) is 0 Å². The first kappa shape index (κ1) is 22.5. The van der Waals surface area contributed by atoms with Crippen molar-refractivity contribution in [3.05, 3.63) is 60.4 Å². The molecule has 4 rings (SSSR count). The lowest BCUT2D eigenvalue weighted by molar-refractivity contribution is -0.113. The van der Waals surface area contributed by atoms with Gasteiger partial charge >= 0.3 is 0 Å². The van der Waals surface area contributed by atoms with Crippen LogP contribution in [0.5, 0.6) is 0 Å². The molecule has 1 amide bonds. The van der Waals surface area contributed by atoms with Gasteiger partial charge in [-0.05, 0) is 42.8 Å². The number of nitrogens with zero attached hydrogens (tertiary/aromatic N) is 4. The Kier molecular flexibility index (Phi) is 6.89. The molecule has 2 heterocycles. The monoisotopic (exact) mass is 473 g/mol. The van der Waals surface area contributed by atoms with Gasteiger partial charge in [0, 0.05) is 18.8 Å². The molecular weight excluding hydrogens is 450 g/mol. The predicted molar refractivity (Wildman–Crippen MR) is 121 cm³/mol. The number of nitrogens with one attached hydrogen (secondary N) is 1. The normalized spacial score (nSPS) is 14.9. The van der Waals surface area contributed by atoms with E-state index in [0.717, 1.165) is 11.3 Å². The van der Waals surface area contributed by atoms with Crippen molar-refractivity contribution in [1.82, 2.24) is 19.1 Å². The van der Waals surface area contributed by atoms with Crippen LogP contribution >= 0.6 is 11.8 Å². The van der Waals surface area contributed by atoms with E-state index in [2.05, 4.69) is 15.5 Å². The van der Waals surface area contributed by atoms with Crippen LogP contribution in [0.15, 0.2) is 64.9 Å². The summed E-state index contributed by atoms with van der Waals surface area (Å²) in [7, 11) is -3.56. The Hall–Kier alpha value is -2.73. The van der Waals surface area contributed by atoms with Gasteiger partial charge in [0.15, 0.2) is 5.16 Å². The standard InChI is InChI=1S/C21H23N5O4S2/c1-16-4-2-3-5-19(16)26-15-22-24-21(26)31-14-20(27)23-17-6-8-18(9-7-17)32(28,29)25-10-12-30-13-11-25/h2-9,15H,10-14H2,1H3,(H,23,27). The maximum absolute atomic E-state index is 12.7. The molecule has 0 unspecified atom stereocenters. The number of hydrogen-bond donors (Lipinski definition) is 1. The Bertz CT molecular complexity index is 1190. The second kappa shape index (κ2) is 9.82. The molecule has 1 aliphatic rings. The van der Waals surface area contributed by atoms with Gasteiger partial charge in [0.2, 0.25) is 15.9 Å². The van der Waals surface area contributed by atoms with Gasteiger partial charge in [-0.15, -0.1) is 10.2 Å². The third-order valence-electron chi connectivity index (χ3n) is 4.97. The van der Waals surface area contributed by atoms with Crippen LogP contribution in [0, 0.1) is 6.92 Å². The van der Waals surface area contributed by atoms with Gasteiger partial charge in [-0.25, -0.2) is 8.42 Å². The fraction of sp³-hybridized carbons (Fsp3) is 0.286. The van der Waals surface area contributed by atoms with Crippen LogP contribution in [0.3, 0.4) is 0 Å². The number of aryl methyl sites for hydroxylation is 1. The predicted octanol–water partition coefficient (Wildman–Crippen LogP) is 2.33. The number of aromatic nitrogens is 3. The first-order valence-electron chi connectivity index (χ1n) is 10.0. The molecule has 0 spiro atoms. The number of morpholine rings is 1. The maximum Gasteiger partial charge on any atom is 0.243 e. The summed E-state index contributed by atoms with van der Waals surface area (Å²) < 4.78 is 33.9. The van der Waals surface area contributed by atoms with Crippen molar-refractivity contribution in [2.45, 2.75) is 17.0 Å². The summed E-state index contributed by atoms with van der Waals surface area (Å²) in [6.45, 7) is 3.46. The van der Waals surface area contributed by atoms with Crippen LogP contribution in [0.2, 0.25) is 0 Å². The fourth-order valence-electron chi connectivity index (χ4n) is 3.30. The highest BCUT2D eigenvalue weighted by Gasteiger charge is 2.26. The summed E-state index contributed by atoms with van der Waals surface area (Å²) in [4.78, 5) is 12.6. The van der Waals surface area contributed by atoms with Gasteiger partial charge < -0.3 is 10.1 Å². The summed E-state index contributed by atoms with van der Waals surface area (Å²) >= 11 is 1.27. The molecule has 168 valence electrons. The van der Waals surface area contributed by atoms with Crippen LogP contribution in [0.25, 0.3) is 5.69 Å². The highest BCUT2D eigenvalue weighted by Crippen LogP contribution is 2.23. The molecule has 1 aliphatic heterocycles. The van der Waals surface area contributed by atoms with Gasteiger partial charge in [-0.3, -0.25) is 9.36 Å². The third-order valence-corrected chi connectivity index (χ3v) is 7.83. The number of carbonyl (C=O) groups excluding carboxylic acids is 1. The van der Waals surface area contributed by atoms with Crippen molar-refractivity contribution >= 4 is 33.4 Å². The second-order valence-electron chi connectivity index (χ2n) is 7.15. The van der Waals surface area contributed by atoms with Crippen molar-refractivity contribution in [3.8, 4) is 5.69 Å². The number of thioether (sulfide) groups is 1. The topological polar surface area (TPSA) is 106 Å². The fourth-order valence-corrected chi connectivity index (χ4v) is 5.42. The molecule has 1 N–H and O–H groups in total. The minimum absolute atomic E-state index is 0.137. The molecule has 0 saturated carbocycles. The SMILES string of the molecule is Cc1ccccc1-n1cnnc1SCC(=O)Nc1ccc(S(=O)(=O)N2CCOCC2)cc1. The van der Waals surface area contributed by atoms with E-state index in [1.165, 1.54) is 28.2 Å². The lowest BCUT2D eigenvalue weighted by Gasteiger charge is -2.26. The number of rotatable bonds is 7. The molecule has 0 bridgehead atoms. The molecule has 0 radical (unpaired) electrons. The van der Waals surface area contributed by atoms with Gasteiger partial charge in [0.05, 0.1) is 29.5 Å². The largest absolute Gasteiger partial charge is 0.379 e. The molecule has 1 aromatic heterocycles. The van der Waals surface area contributed by atoms with Crippen molar-refractivity contribution in [1.29, 1.82) is 0 Å². The zero-order valence-electron chi connectivity index (χ0n) is 17.5. The quantitative estimate of drug-likeness (QED) is 0.525. The molecule has 1 saturated heterocycles. The molecule has 0 aliphatic carbocycles. The maximum atomic E-state index is 12.7. The first-order chi connectivity index (χ1) is 15.4. The van der Waals surface area contributed by atoms with E-state index in [4.69, 9.17) is 4.74 Å². The van der Waals surface area contributed by atoms with Gasteiger partial charge in [-0.2, -0.15) is 4.31 Å². The Morgan fingerprint density at radius 3 is 2.56 bits per heavy atom. The van der Waals surface area contributed by atoms with Crippen LogP contribution in [0.1, 0.15) is 5.56 Å². The lowest BCUT2D eigenvalue weighted by Crippen LogP contribution is -2.40. The molecule has 0 atom stereocenters. The van der Waals surface area contributed by atoms with Crippen LogP contribution in [-0.2, 0) is 19.6 Å². The number of hydrogen-bond acceptors (Lipinski definition) is 7. The van der Waals surface area contributed by atoms with Crippen molar-refractivity contribution < 1.29 is 17.9 Å². The average molecular weight is 474 g/mol. The number of anilines is 1. The molecule has 3 aromatic rings. The Labute approximate surface area is 190 Å². The van der Waals surface area contributed by atoms with Crippen molar-refractivity contribution in [3.63, 3.8) is 0 Å². The number of para-hydroxylation sites is 1. The third kappa shape index (κ3) is 5.01. The zero-order chi connectivity index (χ0) is 22.6. The summed E-state index contributed by atoms with van der Waals surface area (Å²) in [6.07, 6.45) is 1.62. The molecule has 32 heavy (non-hydrogen) atoms. The highest BCUT2D eigenvalue weighted by atomic mass is 32.2. The summed E-state index contributed by atoms with van der Waals surface area (Å²) in [6, 6.07) is 14.0. The van der Waals surface area contributed by atoms with Crippen LogP contribution < -0.4 is 5.32 Å². The summed E-state index contributed by atoms with van der Waals surface area (Å²) in [5.41, 5.74) is 2.56. The number of ether oxygens (including phenoxy) is 1. The smallest absolute Gasteiger partial charge is 0.243 e. The number of benzene rings is 2. The zero-order valence-corrected chi connectivity index (χ0v) is 19.1. The van der Waals surface area contributed by atoms with Crippen LogP contribution in [-0.4, -0.2) is 65.5 Å². The van der Waals surface area contributed by atoms with E-state index in [9.17, 15) is 13.2 Å². The van der Waals surface area contributed by atoms with Crippen LogP contribution in [0.4, 0.5) is 5.69 Å². The minimum Gasteiger partial charge on any atom is -0.379 e. The highest BCUT2D eigenvalue weighted by molar-refractivity contribution is 7.99. The summed E-state index contributed by atoms with van der Waals surface area (Å²) in [5.74, 6) is -0.0867. The number of amides is 1. The molecular formula is C21H23N5O4S2. The average Bonchev–Trinajstić information content (AvgIpc) is 3.27. The van der Waals surface area contributed by atoms with E-state index in [0.29, 0.717) is 37.1 Å². The first-order valence-corrected chi connectivity index (χ1v) is 12.4. The van der Waals surface area contributed by atoms with Crippen molar-refractivity contribution in [2.75, 3.05) is 37.4 Å². The molecule has 11 heteroatoms. The second-order valence-corrected chi connectivity index (χ2v) is 10.0. The Morgan fingerprint density at radius 2 is 1.84 bits per heavy atom. The van der Waals surface area contributed by atoms with E-state index in [-0.39, 0.29) is 16.6 Å². The van der Waals surface area contributed by atoms with E-state index in [1.54, 1.807) is 18.5 Å². The van der Waals surface area contributed by atoms with E-state index in [1.807, 2.05) is 35.8 Å². The number of carbonyl (C=O) groups is 1. The minimum atomic E-state index is -3.56. The summed E-state index contributed by atoms with van der Waals surface area (Å²) in [5, 5.41) is 11.5. The molecule has 1 fully saturated rings. The molecule has 9 nitrogen and oxygen atoms in total. The Balaban J connectivity index is 1.36. The van der Waals surface area contributed by atoms with Gasteiger partial charge in [0.25, 0.3) is 0 Å². The lowest BCUT2D eigenvalue weighted by atomic mass is 10.2. The van der Waals surface area contributed by atoms with E-state index >= 15 is 0 Å². The molecule has 2 aromatic carbocycles. The Morgan fingerprint density at radius 1 is 1.12 bits per heavy atom. The van der Waals surface area contributed by atoms with Gasteiger partial charge in [0.1, 0.15) is 6.33 Å². The van der Waals surface area contributed by atoms with Gasteiger partial charge in [-0.1, -0.05) is 30.0 Å². The van der Waals surface area contributed by atoms with E-state index < -0.39 is 10.0 Å². The number of sulfonamides is 1.